The van der Waals surface area contributed by atoms with Gasteiger partial charge in [-0.05, 0) is 42.4 Å². The van der Waals surface area contributed by atoms with E-state index in [1.54, 1.807) is 14.2 Å². The van der Waals surface area contributed by atoms with Crippen LogP contribution >= 0.6 is 0 Å². The van der Waals surface area contributed by atoms with Gasteiger partial charge >= 0.3 is 0 Å². The summed E-state index contributed by atoms with van der Waals surface area (Å²) in [6, 6.07) is 5.95. The standard InChI is InChI=1S/C19H31N3O2/c1-14-6-5-7-15(10-14)12-21-19(20-2)22-13-16-8-9-17(23-3)18(11-16)24-4/h8-9,11,14-15H,5-7,10,12-13H2,1-4H3,(H2,20,21,22). The molecule has 0 saturated heterocycles. The van der Waals surface area contributed by atoms with Crippen LogP contribution in [0.15, 0.2) is 23.2 Å². The SMILES string of the molecule is CN=C(NCc1ccc(OC)c(OC)c1)NCC1CCCC(C)C1. The number of benzene rings is 1. The van der Waals surface area contributed by atoms with Crippen molar-refractivity contribution in [2.24, 2.45) is 16.8 Å². The third kappa shape index (κ3) is 5.32. The molecule has 2 atom stereocenters. The van der Waals surface area contributed by atoms with Crippen LogP contribution in [0.4, 0.5) is 0 Å². The Kier molecular flexibility index (Phi) is 7.22. The number of aliphatic imine (C=N–C) groups is 1. The normalized spacial score (nSPS) is 21.2. The highest BCUT2D eigenvalue weighted by Gasteiger charge is 2.18. The molecular weight excluding hydrogens is 302 g/mol. The van der Waals surface area contributed by atoms with E-state index in [1.807, 2.05) is 25.2 Å². The molecule has 2 rings (SSSR count). The van der Waals surface area contributed by atoms with Crippen LogP contribution in [0.5, 0.6) is 11.5 Å². The van der Waals surface area contributed by atoms with E-state index in [-0.39, 0.29) is 0 Å². The van der Waals surface area contributed by atoms with Gasteiger partial charge in [0.05, 0.1) is 14.2 Å². The van der Waals surface area contributed by atoms with Gasteiger partial charge in [-0.2, -0.15) is 0 Å². The molecular formula is C19H31N3O2. The molecule has 1 fully saturated rings. The van der Waals surface area contributed by atoms with E-state index in [2.05, 4.69) is 22.5 Å². The lowest BCUT2D eigenvalue weighted by molar-refractivity contribution is 0.282. The molecule has 0 spiro atoms. The summed E-state index contributed by atoms with van der Waals surface area (Å²) in [5, 5.41) is 6.83. The first-order chi connectivity index (χ1) is 11.7. The Labute approximate surface area is 145 Å². The van der Waals surface area contributed by atoms with Crippen LogP contribution in [0.1, 0.15) is 38.2 Å². The fourth-order valence-electron chi connectivity index (χ4n) is 3.38. The monoisotopic (exact) mass is 333 g/mol. The first-order valence-corrected chi connectivity index (χ1v) is 8.81. The van der Waals surface area contributed by atoms with Gasteiger partial charge < -0.3 is 20.1 Å². The number of hydrogen-bond acceptors (Lipinski definition) is 3. The summed E-state index contributed by atoms with van der Waals surface area (Å²) in [5.41, 5.74) is 1.13. The van der Waals surface area contributed by atoms with Crippen LogP contribution in [-0.2, 0) is 6.54 Å². The second kappa shape index (κ2) is 9.40. The summed E-state index contributed by atoms with van der Waals surface area (Å²) in [6.45, 7) is 4.05. The molecule has 2 unspecified atom stereocenters. The number of rotatable bonds is 6. The van der Waals surface area contributed by atoms with Crippen LogP contribution in [0.3, 0.4) is 0 Å². The molecule has 0 heterocycles. The number of hydrogen-bond donors (Lipinski definition) is 2. The maximum atomic E-state index is 5.35. The zero-order valence-electron chi connectivity index (χ0n) is 15.4. The zero-order valence-corrected chi connectivity index (χ0v) is 15.4. The van der Waals surface area contributed by atoms with Crippen LogP contribution in [0.25, 0.3) is 0 Å². The quantitative estimate of drug-likeness (QED) is 0.620. The largest absolute Gasteiger partial charge is 0.493 e. The second-order valence-corrected chi connectivity index (χ2v) is 6.63. The molecule has 2 N–H and O–H groups in total. The van der Waals surface area contributed by atoms with E-state index >= 15 is 0 Å². The minimum absolute atomic E-state index is 0.696. The Bertz CT molecular complexity index is 545. The average Bonchev–Trinajstić information content (AvgIpc) is 2.61. The predicted octanol–water partition coefficient (Wildman–Crippen LogP) is 3.20. The van der Waals surface area contributed by atoms with Crippen molar-refractivity contribution in [1.82, 2.24) is 10.6 Å². The summed E-state index contributed by atoms with van der Waals surface area (Å²) in [7, 11) is 5.11. The molecule has 1 aliphatic rings. The van der Waals surface area contributed by atoms with E-state index in [9.17, 15) is 0 Å². The van der Waals surface area contributed by atoms with E-state index < -0.39 is 0 Å². The van der Waals surface area contributed by atoms with Crippen molar-refractivity contribution in [2.75, 3.05) is 27.8 Å². The van der Waals surface area contributed by atoms with Gasteiger partial charge in [0.2, 0.25) is 0 Å². The molecule has 0 aromatic heterocycles. The van der Waals surface area contributed by atoms with E-state index in [0.29, 0.717) is 6.54 Å². The van der Waals surface area contributed by atoms with Gasteiger partial charge in [-0.15, -0.1) is 0 Å². The van der Waals surface area contributed by atoms with Crippen LogP contribution < -0.4 is 20.1 Å². The lowest BCUT2D eigenvalue weighted by Gasteiger charge is -2.27. The molecule has 24 heavy (non-hydrogen) atoms. The fourth-order valence-corrected chi connectivity index (χ4v) is 3.38. The van der Waals surface area contributed by atoms with Crippen molar-refractivity contribution >= 4 is 5.96 Å². The Morgan fingerprint density at radius 3 is 2.62 bits per heavy atom. The van der Waals surface area contributed by atoms with Crippen LogP contribution in [0.2, 0.25) is 0 Å². The van der Waals surface area contributed by atoms with Crippen molar-refractivity contribution < 1.29 is 9.47 Å². The van der Waals surface area contributed by atoms with Gasteiger partial charge in [0.25, 0.3) is 0 Å². The molecule has 134 valence electrons. The Balaban J connectivity index is 1.83. The minimum atomic E-state index is 0.696. The van der Waals surface area contributed by atoms with E-state index in [1.165, 1.54) is 25.7 Å². The van der Waals surface area contributed by atoms with Gasteiger partial charge in [0, 0.05) is 20.1 Å². The number of nitrogens with zero attached hydrogens (tertiary/aromatic N) is 1. The summed E-state index contributed by atoms with van der Waals surface area (Å²) >= 11 is 0. The molecule has 1 aromatic rings. The minimum Gasteiger partial charge on any atom is -0.493 e. The van der Waals surface area contributed by atoms with Gasteiger partial charge in [-0.3, -0.25) is 4.99 Å². The van der Waals surface area contributed by atoms with Crippen molar-refractivity contribution in [1.29, 1.82) is 0 Å². The second-order valence-electron chi connectivity index (χ2n) is 6.63. The van der Waals surface area contributed by atoms with Crippen molar-refractivity contribution in [2.45, 2.75) is 39.2 Å². The van der Waals surface area contributed by atoms with Crippen LogP contribution in [-0.4, -0.2) is 33.8 Å². The summed E-state index contributed by atoms with van der Waals surface area (Å²) in [5.74, 6) is 3.95. The molecule has 5 heteroatoms. The molecule has 1 saturated carbocycles. The molecule has 1 aliphatic carbocycles. The van der Waals surface area contributed by atoms with Gasteiger partial charge in [-0.1, -0.05) is 25.8 Å². The molecule has 0 radical (unpaired) electrons. The Hall–Kier alpha value is -1.91. The number of methoxy groups -OCH3 is 2. The van der Waals surface area contributed by atoms with Gasteiger partial charge in [0.15, 0.2) is 17.5 Å². The number of nitrogens with one attached hydrogen (secondary N) is 2. The molecule has 0 aliphatic heterocycles. The number of guanidine groups is 1. The van der Waals surface area contributed by atoms with E-state index in [4.69, 9.17) is 9.47 Å². The lowest BCUT2D eigenvalue weighted by atomic mass is 9.82. The number of ether oxygens (including phenoxy) is 2. The first-order valence-electron chi connectivity index (χ1n) is 8.81. The topological polar surface area (TPSA) is 54.9 Å². The molecule has 0 bridgehead atoms. The average molecular weight is 333 g/mol. The molecule has 1 aromatic carbocycles. The fraction of sp³-hybridized carbons (Fsp3) is 0.632. The van der Waals surface area contributed by atoms with Crippen molar-refractivity contribution in [3.05, 3.63) is 23.8 Å². The Morgan fingerprint density at radius 1 is 1.17 bits per heavy atom. The highest BCUT2D eigenvalue weighted by Crippen LogP contribution is 2.28. The summed E-state index contributed by atoms with van der Waals surface area (Å²) in [6.07, 6.45) is 5.37. The summed E-state index contributed by atoms with van der Waals surface area (Å²) < 4.78 is 10.6. The zero-order chi connectivity index (χ0) is 17.4. The van der Waals surface area contributed by atoms with Gasteiger partial charge in [-0.25, -0.2) is 0 Å². The maximum absolute atomic E-state index is 5.35. The third-order valence-corrected chi connectivity index (χ3v) is 4.73. The lowest BCUT2D eigenvalue weighted by Crippen LogP contribution is -2.40. The maximum Gasteiger partial charge on any atom is 0.191 e. The Morgan fingerprint density at radius 2 is 1.96 bits per heavy atom. The highest BCUT2D eigenvalue weighted by molar-refractivity contribution is 5.79. The smallest absolute Gasteiger partial charge is 0.191 e. The predicted molar refractivity (Wildman–Crippen MR) is 98.9 cm³/mol. The third-order valence-electron chi connectivity index (χ3n) is 4.73. The highest BCUT2D eigenvalue weighted by atomic mass is 16.5. The van der Waals surface area contributed by atoms with Crippen LogP contribution in [0, 0.1) is 11.8 Å². The first kappa shape index (κ1) is 18.4. The van der Waals surface area contributed by atoms with E-state index in [0.717, 1.165) is 41.4 Å². The molecule has 0 amide bonds. The van der Waals surface area contributed by atoms with Crippen molar-refractivity contribution in [3.63, 3.8) is 0 Å². The molecule has 5 nitrogen and oxygen atoms in total. The van der Waals surface area contributed by atoms with Gasteiger partial charge in [0.1, 0.15) is 0 Å². The summed E-state index contributed by atoms with van der Waals surface area (Å²) in [4.78, 5) is 4.32. The van der Waals surface area contributed by atoms with Crippen molar-refractivity contribution in [3.8, 4) is 11.5 Å².